The van der Waals surface area contributed by atoms with E-state index in [0.717, 1.165) is 55.5 Å². The molecular weight excluding hydrogens is 457 g/mol. The van der Waals surface area contributed by atoms with Crippen LogP contribution in [0.4, 0.5) is 15.8 Å². The summed E-state index contributed by atoms with van der Waals surface area (Å²) in [5.74, 6) is -0.238. The molecule has 1 aromatic heterocycles. The van der Waals surface area contributed by atoms with Gasteiger partial charge in [-0.3, -0.25) is 14.6 Å². The number of pyridine rings is 1. The van der Waals surface area contributed by atoms with Gasteiger partial charge in [0.05, 0.1) is 24.0 Å². The molecule has 4 rings (SSSR count). The van der Waals surface area contributed by atoms with Crippen LogP contribution in [-0.2, 0) is 9.59 Å². The predicted molar refractivity (Wildman–Crippen MR) is 139 cm³/mol. The first-order valence-corrected chi connectivity index (χ1v) is 13.1. The molecule has 2 aliphatic rings. The van der Waals surface area contributed by atoms with Crippen molar-refractivity contribution in [3.63, 3.8) is 0 Å². The maximum absolute atomic E-state index is 14.0. The highest BCUT2D eigenvalue weighted by Gasteiger charge is 2.39. The van der Waals surface area contributed by atoms with Gasteiger partial charge in [-0.1, -0.05) is 19.3 Å². The van der Waals surface area contributed by atoms with Crippen LogP contribution < -0.4 is 15.5 Å². The second kappa shape index (κ2) is 11.8. The van der Waals surface area contributed by atoms with Crippen LogP contribution in [0.15, 0.2) is 42.7 Å². The van der Waals surface area contributed by atoms with Gasteiger partial charge in [-0.05, 0) is 81.5 Å². The largest absolute Gasteiger partial charge is 0.343 e. The zero-order valence-corrected chi connectivity index (χ0v) is 21.5. The van der Waals surface area contributed by atoms with Gasteiger partial charge < -0.3 is 20.4 Å². The van der Waals surface area contributed by atoms with E-state index < -0.39 is 6.04 Å². The molecule has 7 nitrogen and oxygen atoms in total. The molecule has 2 fully saturated rings. The van der Waals surface area contributed by atoms with Crippen LogP contribution in [0.25, 0.3) is 0 Å². The Kier molecular flexibility index (Phi) is 8.56. The van der Waals surface area contributed by atoms with Gasteiger partial charge in [0, 0.05) is 25.5 Å². The number of likely N-dealkylation sites (tertiary alicyclic amines) is 1. The summed E-state index contributed by atoms with van der Waals surface area (Å²) in [6, 6.07) is 7.45. The number of carbonyl (C=O) groups excluding carboxylic acids is 2. The number of likely N-dealkylation sites (N-methyl/N-ethyl adjacent to an activating group) is 1. The highest BCUT2D eigenvalue weighted by atomic mass is 19.1. The number of hydrogen-bond acceptors (Lipinski definition) is 5. The minimum absolute atomic E-state index is 0.0124. The lowest BCUT2D eigenvalue weighted by Gasteiger charge is -2.35. The Balaban J connectivity index is 1.56. The first kappa shape index (κ1) is 26.1. The number of benzene rings is 1. The molecule has 2 amide bonds. The number of anilines is 2. The SMILES string of the molecule is CNC(C)C(=O)NC(C(=O)N1CCC[C@H]1c1cncc(N(C)c2ccc(F)cc2)c1)C1CCCCC1. The fourth-order valence-electron chi connectivity index (χ4n) is 5.44. The zero-order chi connectivity index (χ0) is 25.7. The number of halogens is 1. The molecule has 194 valence electrons. The number of nitrogens with zero attached hydrogens (tertiary/aromatic N) is 3. The molecular formula is C28H38FN5O2. The summed E-state index contributed by atoms with van der Waals surface area (Å²) in [4.78, 5) is 35.1. The second-order valence-corrected chi connectivity index (χ2v) is 10.1. The van der Waals surface area contributed by atoms with Crippen molar-refractivity contribution in [1.29, 1.82) is 0 Å². The Hall–Kier alpha value is -3.00. The Labute approximate surface area is 213 Å². The third-order valence-corrected chi connectivity index (χ3v) is 7.78. The van der Waals surface area contributed by atoms with Crippen molar-refractivity contribution in [2.24, 2.45) is 5.92 Å². The van der Waals surface area contributed by atoms with Gasteiger partial charge in [0.2, 0.25) is 11.8 Å². The smallest absolute Gasteiger partial charge is 0.245 e. The van der Waals surface area contributed by atoms with Crippen LogP contribution in [0.5, 0.6) is 0 Å². The van der Waals surface area contributed by atoms with Crippen molar-refractivity contribution in [1.82, 2.24) is 20.5 Å². The van der Waals surface area contributed by atoms with E-state index in [1.807, 2.05) is 30.0 Å². The molecule has 2 unspecified atom stereocenters. The van der Waals surface area contributed by atoms with Gasteiger partial charge in [0.15, 0.2) is 0 Å². The van der Waals surface area contributed by atoms with Gasteiger partial charge in [0.25, 0.3) is 0 Å². The zero-order valence-electron chi connectivity index (χ0n) is 21.5. The van der Waals surface area contributed by atoms with Crippen molar-refractivity contribution in [2.45, 2.75) is 70.0 Å². The summed E-state index contributed by atoms with van der Waals surface area (Å²) in [6.07, 6.45) is 10.7. The van der Waals surface area contributed by atoms with Gasteiger partial charge in [0.1, 0.15) is 11.9 Å². The predicted octanol–water partition coefficient (Wildman–Crippen LogP) is 4.33. The molecule has 3 atom stereocenters. The van der Waals surface area contributed by atoms with E-state index in [1.165, 1.54) is 18.6 Å². The third-order valence-electron chi connectivity index (χ3n) is 7.78. The maximum atomic E-state index is 14.0. The van der Waals surface area contributed by atoms with Crippen LogP contribution in [0, 0.1) is 11.7 Å². The van der Waals surface area contributed by atoms with Gasteiger partial charge >= 0.3 is 0 Å². The van der Waals surface area contributed by atoms with E-state index >= 15 is 0 Å². The lowest BCUT2D eigenvalue weighted by molar-refractivity contribution is -0.139. The van der Waals surface area contributed by atoms with Gasteiger partial charge in [-0.25, -0.2) is 4.39 Å². The number of aromatic nitrogens is 1. The van der Waals surface area contributed by atoms with E-state index in [2.05, 4.69) is 21.7 Å². The van der Waals surface area contributed by atoms with Gasteiger partial charge in [-0.2, -0.15) is 0 Å². The lowest BCUT2D eigenvalue weighted by Crippen LogP contribution is -2.55. The van der Waals surface area contributed by atoms with Gasteiger partial charge in [-0.15, -0.1) is 0 Å². The Morgan fingerprint density at radius 1 is 1.06 bits per heavy atom. The van der Waals surface area contributed by atoms with Crippen molar-refractivity contribution in [3.05, 3.63) is 54.1 Å². The van der Waals surface area contributed by atoms with Crippen LogP contribution in [0.3, 0.4) is 0 Å². The average molecular weight is 496 g/mol. The fourth-order valence-corrected chi connectivity index (χ4v) is 5.44. The minimum Gasteiger partial charge on any atom is -0.343 e. The van der Waals surface area contributed by atoms with Crippen LogP contribution in [0.1, 0.15) is 63.5 Å². The molecule has 1 saturated heterocycles. The molecule has 0 spiro atoms. The monoisotopic (exact) mass is 495 g/mol. The van der Waals surface area contributed by atoms with E-state index in [0.29, 0.717) is 6.54 Å². The summed E-state index contributed by atoms with van der Waals surface area (Å²) in [6.45, 7) is 2.48. The number of amides is 2. The normalized spacial score (nSPS) is 20.1. The minimum atomic E-state index is -0.507. The van der Waals surface area contributed by atoms with E-state index in [-0.39, 0.29) is 35.6 Å². The van der Waals surface area contributed by atoms with Crippen molar-refractivity contribution in [3.8, 4) is 0 Å². The average Bonchev–Trinajstić information content (AvgIpc) is 3.41. The molecule has 2 aromatic rings. The molecule has 1 aliphatic heterocycles. The van der Waals surface area contributed by atoms with E-state index in [4.69, 9.17) is 0 Å². The number of carbonyl (C=O) groups is 2. The van der Waals surface area contributed by atoms with Crippen LogP contribution >= 0.6 is 0 Å². The maximum Gasteiger partial charge on any atom is 0.245 e. The van der Waals surface area contributed by atoms with E-state index in [9.17, 15) is 14.0 Å². The molecule has 1 aliphatic carbocycles. The van der Waals surface area contributed by atoms with Crippen molar-refractivity contribution >= 4 is 23.2 Å². The summed E-state index contributed by atoms with van der Waals surface area (Å²) in [5, 5.41) is 6.07. The Bertz CT molecular complexity index is 1040. The van der Waals surface area contributed by atoms with Crippen LogP contribution in [-0.4, -0.2) is 54.4 Å². The molecule has 1 saturated carbocycles. The topological polar surface area (TPSA) is 77.6 Å². The summed E-state index contributed by atoms with van der Waals surface area (Å²) < 4.78 is 13.4. The summed E-state index contributed by atoms with van der Waals surface area (Å²) in [5.41, 5.74) is 2.71. The van der Waals surface area contributed by atoms with Crippen LogP contribution in [0.2, 0.25) is 0 Å². The quantitative estimate of drug-likeness (QED) is 0.570. The molecule has 36 heavy (non-hydrogen) atoms. The number of nitrogens with one attached hydrogen (secondary N) is 2. The highest BCUT2D eigenvalue weighted by molar-refractivity contribution is 5.90. The molecule has 1 aromatic carbocycles. The van der Waals surface area contributed by atoms with Crippen molar-refractivity contribution < 1.29 is 14.0 Å². The summed E-state index contributed by atoms with van der Waals surface area (Å²) >= 11 is 0. The van der Waals surface area contributed by atoms with Crippen molar-refractivity contribution in [2.75, 3.05) is 25.5 Å². The molecule has 2 heterocycles. The molecule has 8 heteroatoms. The van der Waals surface area contributed by atoms with E-state index in [1.54, 1.807) is 25.4 Å². The number of rotatable bonds is 8. The second-order valence-electron chi connectivity index (χ2n) is 10.1. The third kappa shape index (κ3) is 5.86. The Morgan fingerprint density at radius 2 is 1.78 bits per heavy atom. The molecule has 0 radical (unpaired) electrons. The highest BCUT2D eigenvalue weighted by Crippen LogP contribution is 2.36. The molecule has 0 bridgehead atoms. The first-order valence-electron chi connectivity index (χ1n) is 13.1. The fraction of sp³-hybridized carbons (Fsp3) is 0.536. The lowest BCUT2D eigenvalue weighted by atomic mass is 9.83. The molecule has 2 N–H and O–H groups in total. The first-order chi connectivity index (χ1) is 17.4. The summed E-state index contributed by atoms with van der Waals surface area (Å²) in [7, 11) is 3.67. The standard InChI is InChI=1S/C28H38FN5O2/c1-19(30-2)27(35)32-26(20-8-5-4-6-9-20)28(36)34-15-7-10-25(34)21-16-24(18-31-17-21)33(3)23-13-11-22(29)12-14-23/h11-14,16-20,25-26,30H,4-10,15H2,1-3H3,(H,32,35)/t19?,25-,26?/m0/s1. The Morgan fingerprint density at radius 3 is 2.47 bits per heavy atom. The number of hydrogen-bond donors (Lipinski definition) is 2.